The maximum Gasteiger partial charge on any atom is 0.137 e. The minimum Gasteiger partial charge on any atom is -0.316 e. The molecule has 0 radical (unpaired) electrons. The summed E-state index contributed by atoms with van der Waals surface area (Å²) in [6, 6.07) is 0. The topological polar surface area (TPSA) is 42.7 Å². The molecule has 2 aliphatic heterocycles. The number of hydrogen-bond donors (Lipinski definition) is 1. The van der Waals surface area contributed by atoms with Gasteiger partial charge >= 0.3 is 0 Å². The van der Waals surface area contributed by atoms with E-state index in [0.717, 1.165) is 26.1 Å². The van der Waals surface area contributed by atoms with Crippen molar-refractivity contribution in [3.8, 4) is 0 Å². The molecule has 1 aromatic rings. The maximum absolute atomic E-state index is 4.29. The Bertz CT molecular complexity index is 311. The number of rotatable bonds is 1. The first-order chi connectivity index (χ1) is 6.45. The van der Waals surface area contributed by atoms with Gasteiger partial charge in [0.1, 0.15) is 11.6 Å². The summed E-state index contributed by atoms with van der Waals surface area (Å²) in [6.45, 7) is 3.35. The monoisotopic (exact) mass is 178 g/mol. The Balaban J connectivity index is 1.95. The molecule has 2 aliphatic rings. The Morgan fingerprint density at radius 3 is 3.23 bits per heavy atom. The number of nitrogens with zero attached hydrogens (tertiary/aromatic N) is 3. The summed E-state index contributed by atoms with van der Waals surface area (Å²) in [5.41, 5.74) is 0. The molecular weight excluding hydrogens is 164 g/mol. The minimum atomic E-state index is 0.611. The maximum atomic E-state index is 4.29. The van der Waals surface area contributed by atoms with E-state index in [2.05, 4.69) is 20.1 Å². The molecule has 0 aliphatic carbocycles. The summed E-state index contributed by atoms with van der Waals surface area (Å²) < 4.78 is 2.32. The lowest BCUT2D eigenvalue weighted by Crippen LogP contribution is -2.12. The summed E-state index contributed by atoms with van der Waals surface area (Å²) in [5.74, 6) is 3.03. The minimum absolute atomic E-state index is 0.611. The molecule has 1 N–H and O–H groups in total. The fourth-order valence-electron chi connectivity index (χ4n) is 2.35. The standard InChI is InChI=1S/C9H14N4/c1-2-8-11-12-9(13(8)5-1)7-3-4-10-6-7/h7,10H,1-6H2. The average molecular weight is 178 g/mol. The smallest absolute Gasteiger partial charge is 0.137 e. The first kappa shape index (κ1) is 7.50. The number of hydrogen-bond acceptors (Lipinski definition) is 3. The molecule has 4 nitrogen and oxygen atoms in total. The van der Waals surface area contributed by atoms with E-state index < -0.39 is 0 Å². The van der Waals surface area contributed by atoms with E-state index in [1.807, 2.05) is 0 Å². The van der Waals surface area contributed by atoms with Crippen molar-refractivity contribution >= 4 is 0 Å². The Hall–Kier alpha value is -0.900. The Labute approximate surface area is 77.4 Å². The van der Waals surface area contributed by atoms with Crippen LogP contribution >= 0.6 is 0 Å². The van der Waals surface area contributed by atoms with E-state index in [1.165, 1.54) is 24.5 Å². The van der Waals surface area contributed by atoms with E-state index in [9.17, 15) is 0 Å². The Morgan fingerprint density at radius 2 is 2.38 bits per heavy atom. The third-order valence-electron chi connectivity index (χ3n) is 3.06. The second kappa shape index (κ2) is 2.80. The van der Waals surface area contributed by atoms with Crippen LogP contribution in [0.4, 0.5) is 0 Å². The van der Waals surface area contributed by atoms with Gasteiger partial charge in [0.2, 0.25) is 0 Å². The van der Waals surface area contributed by atoms with Crippen molar-refractivity contribution in [3.05, 3.63) is 11.6 Å². The average Bonchev–Trinajstić information content (AvgIpc) is 2.79. The van der Waals surface area contributed by atoms with Gasteiger partial charge in [0.25, 0.3) is 0 Å². The highest BCUT2D eigenvalue weighted by atomic mass is 15.3. The summed E-state index contributed by atoms with van der Waals surface area (Å²) in [4.78, 5) is 0. The summed E-state index contributed by atoms with van der Waals surface area (Å²) >= 11 is 0. The molecule has 1 fully saturated rings. The summed E-state index contributed by atoms with van der Waals surface area (Å²) in [6.07, 6.45) is 3.59. The highest BCUT2D eigenvalue weighted by Gasteiger charge is 2.25. The fourth-order valence-corrected chi connectivity index (χ4v) is 2.35. The lowest BCUT2D eigenvalue weighted by atomic mass is 10.1. The second-order valence-electron chi connectivity index (χ2n) is 3.92. The predicted octanol–water partition coefficient (Wildman–Crippen LogP) is 0.301. The molecule has 1 aromatic heterocycles. The molecule has 0 bridgehead atoms. The zero-order valence-electron chi connectivity index (χ0n) is 7.66. The second-order valence-corrected chi connectivity index (χ2v) is 3.92. The van der Waals surface area contributed by atoms with Gasteiger partial charge < -0.3 is 9.88 Å². The van der Waals surface area contributed by atoms with E-state index >= 15 is 0 Å². The zero-order chi connectivity index (χ0) is 8.67. The third-order valence-corrected chi connectivity index (χ3v) is 3.06. The van der Waals surface area contributed by atoms with Gasteiger partial charge in [0, 0.05) is 25.4 Å². The highest BCUT2D eigenvalue weighted by molar-refractivity contribution is 5.07. The molecule has 3 heterocycles. The van der Waals surface area contributed by atoms with Crippen LogP contribution in [0.3, 0.4) is 0 Å². The molecule has 0 saturated carbocycles. The van der Waals surface area contributed by atoms with Crippen molar-refractivity contribution in [1.82, 2.24) is 20.1 Å². The summed E-state index contributed by atoms with van der Waals surface area (Å²) in [5, 5.41) is 11.9. The van der Waals surface area contributed by atoms with Crippen LogP contribution < -0.4 is 5.32 Å². The number of aromatic nitrogens is 3. The van der Waals surface area contributed by atoms with Gasteiger partial charge in [0.15, 0.2) is 0 Å². The number of aryl methyl sites for hydroxylation is 1. The molecule has 1 unspecified atom stereocenters. The van der Waals surface area contributed by atoms with Gasteiger partial charge in [-0.1, -0.05) is 0 Å². The van der Waals surface area contributed by atoms with E-state index in [4.69, 9.17) is 0 Å². The van der Waals surface area contributed by atoms with Gasteiger partial charge in [-0.15, -0.1) is 10.2 Å². The molecule has 1 saturated heterocycles. The van der Waals surface area contributed by atoms with Gasteiger partial charge in [0.05, 0.1) is 0 Å². The lowest BCUT2D eigenvalue weighted by molar-refractivity contribution is 0.616. The van der Waals surface area contributed by atoms with Crippen molar-refractivity contribution in [2.75, 3.05) is 13.1 Å². The largest absolute Gasteiger partial charge is 0.316 e. The molecular formula is C9H14N4. The van der Waals surface area contributed by atoms with Crippen LogP contribution in [0.5, 0.6) is 0 Å². The van der Waals surface area contributed by atoms with E-state index in [1.54, 1.807) is 0 Å². The molecule has 70 valence electrons. The lowest BCUT2D eigenvalue weighted by Gasteiger charge is -2.07. The van der Waals surface area contributed by atoms with Crippen LogP contribution in [-0.2, 0) is 13.0 Å². The molecule has 0 aromatic carbocycles. The highest BCUT2D eigenvalue weighted by Crippen LogP contribution is 2.24. The van der Waals surface area contributed by atoms with Crippen LogP contribution in [0.2, 0.25) is 0 Å². The van der Waals surface area contributed by atoms with Crippen molar-refractivity contribution < 1.29 is 0 Å². The van der Waals surface area contributed by atoms with Crippen molar-refractivity contribution in [3.63, 3.8) is 0 Å². The quantitative estimate of drug-likeness (QED) is 0.672. The first-order valence-electron chi connectivity index (χ1n) is 5.08. The first-order valence-corrected chi connectivity index (χ1v) is 5.08. The summed E-state index contributed by atoms with van der Waals surface area (Å²) in [7, 11) is 0. The Morgan fingerprint density at radius 1 is 1.38 bits per heavy atom. The van der Waals surface area contributed by atoms with E-state index in [-0.39, 0.29) is 0 Å². The molecule has 13 heavy (non-hydrogen) atoms. The van der Waals surface area contributed by atoms with Crippen LogP contribution in [0, 0.1) is 0 Å². The van der Waals surface area contributed by atoms with Crippen LogP contribution in [0.25, 0.3) is 0 Å². The van der Waals surface area contributed by atoms with E-state index in [0.29, 0.717) is 5.92 Å². The molecule has 1 atom stereocenters. The van der Waals surface area contributed by atoms with Gasteiger partial charge in [-0.2, -0.15) is 0 Å². The molecule has 3 rings (SSSR count). The number of fused-ring (bicyclic) bond motifs is 1. The van der Waals surface area contributed by atoms with Crippen molar-refractivity contribution in [1.29, 1.82) is 0 Å². The van der Waals surface area contributed by atoms with Crippen LogP contribution in [-0.4, -0.2) is 27.9 Å². The van der Waals surface area contributed by atoms with Gasteiger partial charge in [-0.3, -0.25) is 0 Å². The van der Waals surface area contributed by atoms with Crippen LogP contribution in [0.15, 0.2) is 0 Å². The van der Waals surface area contributed by atoms with Gasteiger partial charge in [-0.05, 0) is 19.4 Å². The third kappa shape index (κ3) is 1.09. The Kier molecular flexibility index (Phi) is 1.62. The fraction of sp³-hybridized carbons (Fsp3) is 0.778. The van der Waals surface area contributed by atoms with Crippen molar-refractivity contribution in [2.24, 2.45) is 0 Å². The molecule has 0 amide bonds. The van der Waals surface area contributed by atoms with Gasteiger partial charge in [-0.25, -0.2) is 0 Å². The SMILES string of the molecule is C1Cc2nnc(C3CCNC3)n2C1. The van der Waals surface area contributed by atoms with Crippen molar-refractivity contribution in [2.45, 2.75) is 31.7 Å². The number of nitrogens with one attached hydrogen (secondary N) is 1. The molecule has 0 spiro atoms. The predicted molar refractivity (Wildman–Crippen MR) is 48.6 cm³/mol. The van der Waals surface area contributed by atoms with Crippen LogP contribution in [0.1, 0.15) is 30.4 Å². The molecule has 4 heteroatoms. The normalized spacial score (nSPS) is 26.6. The zero-order valence-corrected chi connectivity index (χ0v) is 7.66.